The minimum Gasteiger partial charge on any atom is -0.507 e. The van der Waals surface area contributed by atoms with Crippen molar-refractivity contribution in [3.05, 3.63) is 88.1 Å². The van der Waals surface area contributed by atoms with E-state index in [4.69, 9.17) is 20.8 Å². The number of benzene rings is 1. The van der Waals surface area contributed by atoms with Crippen molar-refractivity contribution in [1.29, 1.82) is 0 Å². The highest BCUT2D eigenvalue weighted by Gasteiger charge is 2.47. The number of ketones is 1. The van der Waals surface area contributed by atoms with Crippen LogP contribution in [0.2, 0.25) is 5.02 Å². The number of aliphatic hydroxyl groups is 1. The highest BCUT2D eigenvalue weighted by atomic mass is 35.5. The number of hydrogen-bond acceptors (Lipinski definition) is 6. The molecule has 1 aromatic carbocycles. The molecule has 1 fully saturated rings. The van der Waals surface area contributed by atoms with E-state index in [9.17, 15) is 14.7 Å². The van der Waals surface area contributed by atoms with Crippen molar-refractivity contribution in [2.24, 2.45) is 0 Å². The van der Waals surface area contributed by atoms with Gasteiger partial charge in [0.05, 0.1) is 18.2 Å². The quantitative estimate of drug-likeness (QED) is 0.363. The van der Waals surface area contributed by atoms with E-state index in [-0.39, 0.29) is 23.4 Å². The molecule has 1 atom stereocenters. The van der Waals surface area contributed by atoms with Gasteiger partial charge in [-0.05, 0) is 55.0 Å². The molecule has 0 aliphatic carbocycles. The van der Waals surface area contributed by atoms with Crippen molar-refractivity contribution in [3.63, 3.8) is 0 Å². The monoisotopic (exact) mass is 438 g/mol. The Morgan fingerprint density at radius 2 is 1.94 bits per heavy atom. The standard InChI is InChI=1S/C23H19ClN2O5/c1-13-3-5-18(31-13)20-19(21(27)16-11-15(24)4-6-17(16)30-2)22(28)23(29)26(20)12-14-7-9-25-10-8-14/h3-11,20,27H,12H2,1-2H3/b21-19+. The molecule has 1 aliphatic rings. The van der Waals surface area contributed by atoms with E-state index < -0.39 is 17.7 Å². The zero-order valence-corrected chi connectivity index (χ0v) is 17.6. The molecule has 7 nitrogen and oxygen atoms in total. The van der Waals surface area contributed by atoms with Gasteiger partial charge in [-0.1, -0.05) is 11.6 Å². The van der Waals surface area contributed by atoms with Crippen LogP contribution < -0.4 is 4.74 Å². The highest BCUT2D eigenvalue weighted by molar-refractivity contribution is 6.46. The number of furan rings is 1. The zero-order chi connectivity index (χ0) is 22.1. The maximum atomic E-state index is 13.1. The van der Waals surface area contributed by atoms with Crippen LogP contribution in [0.5, 0.6) is 5.75 Å². The van der Waals surface area contributed by atoms with E-state index in [0.717, 1.165) is 5.56 Å². The molecule has 31 heavy (non-hydrogen) atoms. The normalized spacial score (nSPS) is 17.9. The summed E-state index contributed by atoms with van der Waals surface area (Å²) in [6.07, 6.45) is 3.21. The molecule has 0 saturated carbocycles. The number of halogens is 1. The van der Waals surface area contributed by atoms with Gasteiger partial charge in [-0.25, -0.2) is 0 Å². The van der Waals surface area contributed by atoms with E-state index in [1.54, 1.807) is 55.7 Å². The summed E-state index contributed by atoms with van der Waals surface area (Å²) in [4.78, 5) is 31.4. The fraction of sp³-hybridized carbons (Fsp3) is 0.174. The van der Waals surface area contributed by atoms with Crippen LogP contribution in [-0.2, 0) is 16.1 Å². The molecule has 3 heterocycles. The lowest BCUT2D eigenvalue weighted by molar-refractivity contribution is -0.140. The number of Topliss-reactive ketones (excluding diaryl/α,β-unsaturated/α-hetero) is 1. The second-order valence-corrected chi connectivity index (χ2v) is 7.51. The second-order valence-electron chi connectivity index (χ2n) is 7.08. The molecule has 158 valence electrons. The minimum atomic E-state index is -0.912. The number of amides is 1. The first kappa shape index (κ1) is 20.7. The molecule has 8 heteroatoms. The summed E-state index contributed by atoms with van der Waals surface area (Å²) in [5.74, 6) is -0.630. The minimum absolute atomic E-state index is 0.0889. The highest BCUT2D eigenvalue weighted by Crippen LogP contribution is 2.42. The fourth-order valence-corrected chi connectivity index (χ4v) is 3.81. The average molecular weight is 439 g/mol. The average Bonchev–Trinajstić information content (AvgIpc) is 3.30. The van der Waals surface area contributed by atoms with Gasteiger partial charge in [0.15, 0.2) is 0 Å². The SMILES string of the molecule is COc1ccc(Cl)cc1/C(O)=C1\C(=O)C(=O)N(Cc2ccncc2)C1c1ccc(C)o1. The van der Waals surface area contributed by atoms with Gasteiger partial charge in [-0.3, -0.25) is 14.6 Å². The Hall–Kier alpha value is -3.58. The number of pyridine rings is 1. The van der Waals surface area contributed by atoms with Crippen molar-refractivity contribution < 1.29 is 23.8 Å². The number of aromatic nitrogens is 1. The summed E-state index contributed by atoms with van der Waals surface area (Å²) in [6, 6.07) is 10.7. The molecule has 1 unspecified atom stereocenters. The Morgan fingerprint density at radius 3 is 2.58 bits per heavy atom. The van der Waals surface area contributed by atoms with Crippen molar-refractivity contribution in [2.45, 2.75) is 19.5 Å². The third kappa shape index (κ3) is 3.80. The number of carbonyl (C=O) groups excluding carboxylic acids is 2. The van der Waals surface area contributed by atoms with Crippen LogP contribution in [0.15, 0.2) is 64.8 Å². The van der Waals surface area contributed by atoms with E-state index in [1.807, 2.05) is 0 Å². The third-order valence-corrected chi connectivity index (χ3v) is 5.32. The molecule has 1 aliphatic heterocycles. The Kier molecular flexibility index (Phi) is 5.52. The van der Waals surface area contributed by atoms with Crippen LogP contribution in [0, 0.1) is 6.92 Å². The summed E-state index contributed by atoms with van der Waals surface area (Å²) >= 11 is 6.11. The van der Waals surface area contributed by atoms with Gasteiger partial charge in [0.25, 0.3) is 11.7 Å². The van der Waals surface area contributed by atoms with Crippen LogP contribution in [0.1, 0.15) is 28.7 Å². The Bertz CT molecular complexity index is 1190. The van der Waals surface area contributed by atoms with Crippen LogP contribution in [0.25, 0.3) is 5.76 Å². The Morgan fingerprint density at radius 1 is 1.19 bits per heavy atom. The van der Waals surface area contributed by atoms with Crippen LogP contribution in [-0.4, -0.2) is 33.8 Å². The Balaban J connectivity index is 1.89. The van der Waals surface area contributed by atoms with Crippen molar-refractivity contribution in [3.8, 4) is 5.75 Å². The van der Waals surface area contributed by atoms with Gasteiger partial charge in [0.1, 0.15) is 29.1 Å². The molecule has 3 aromatic rings. The van der Waals surface area contributed by atoms with Gasteiger partial charge >= 0.3 is 0 Å². The predicted molar refractivity (Wildman–Crippen MR) is 114 cm³/mol. The van der Waals surface area contributed by atoms with Crippen LogP contribution in [0.3, 0.4) is 0 Å². The molecule has 0 radical (unpaired) electrons. The van der Waals surface area contributed by atoms with Gasteiger partial charge < -0.3 is 19.2 Å². The first-order valence-electron chi connectivity index (χ1n) is 9.48. The third-order valence-electron chi connectivity index (χ3n) is 5.09. The number of rotatable bonds is 5. The van der Waals surface area contributed by atoms with Gasteiger partial charge in [0.2, 0.25) is 0 Å². The van der Waals surface area contributed by atoms with Crippen molar-refractivity contribution in [2.75, 3.05) is 7.11 Å². The first-order chi connectivity index (χ1) is 14.9. The van der Waals surface area contributed by atoms with Gasteiger partial charge in [0, 0.05) is 24.0 Å². The van der Waals surface area contributed by atoms with Crippen molar-refractivity contribution >= 4 is 29.1 Å². The summed E-state index contributed by atoms with van der Waals surface area (Å²) in [5.41, 5.74) is 0.907. The molecule has 0 spiro atoms. The second kappa shape index (κ2) is 8.28. The summed E-state index contributed by atoms with van der Waals surface area (Å²) in [7, 11) is 1.44. The zero-order valence-electron chi connectivity index (χ0n) is 16.8. The summed E-state index contributed by atoms with van der Waals surface area (Å²) in [5, 5.41) is 11.5. The van der Waals surface area contributed by atoms with Crippen molar-refractivity contribution in [1.82, 2.24) is 9.88 Å². The smallest absolute Gasteiger partial charge is 0.296 e. The number of ether oxygens (including phenoxy) is 1. The number of hydrogen-bond donors (Lipinski definition) is 1. The van der Waals surface area contributed by atoms with Crippen LogP contribution >= 0.6 is 11.6 Å². The van der Waals surface area contributed by atoms with Crippen LogP contribution in [0.4, 0.5) is 0 Å². The molecule has 1 amide bonds. The molecule has 1 N–H and O–H groups in total. The van der Waals surface area contributed by atoms with Gasteiger partial charge in [-0.15, -0.1) is 0 Å². The lowest BCUT2D eigenvalue weighted by Gasteiger charge is -2.23. The molecule has 2 aromatic heterocycles. The molecule has 4 rings (SSSR count). The number of carbonyl (C=O) groups is 2. The summed E-state index contributed by atoms with van der Waals surface area (Å²) in [6.45, 7) is 1.90. The molecular weight excluding hydrogens is 420 g/mol. The van der Waals surface area contributed by atoms with E-state index in [0.29, 0.717) is 22.3 Å². The first-order valence-corrected chi connectivity index (χ1v) is 9.86. The number of nitrogens with zero attached hydrogens (tertiary/aromatic N) is 2. The largest absolute Gasteiger partial charge is 0.507 e. The van der Waals surface area contributed by atoms with E-state index in [1.165, 1.54) is 18.1 Å². The topological polar surface area (TPSA) is 92.9 Å². The number of methoxy groups -OCH3 is 1. The number of likely N-dealkylation sites (tertiary alicyclic amines) is 1. The molecule has 1 saturated heterocycles. The maximum Gasteiger partial charge on any atom is 0.296 e. The lowest BCUT2D eigenvalue weighted by Crippen LogP contribution is -2.29. The van der Waals surface area contributed by atoms with E-state index in [2.05, 4.69) is 4.98 Å². The fourth-order valence-electron chi connectivity index (χ4n) is 3.63. The number of aliphatic hydroxyl groups excluding tert-OH is 1. The number of aryl methyl sites for hydroxylation is 1. The molecule has 0 bridgehead atoms. The Labute approximate surface area is 183 Å². The predicted octanol–water partition coefficient (Wildman–Crippen LogP) is 4.27. The lowest BCUT2D eigenvalue weighted by atomic mass is 9.98. The maximum absolute atomic E-state index is 13.1. The molecular formula is C23H19ClN2O5. The van der Waals surface area contributed by atoms with Gasteiger partial charge in [-0.2, -0.15) is 0 Å². The summed E-state index contributed by atoms with van der Waals surface area (Å²) < 4.78 is 11.1. The van der Waals surface area contributed by atoms with E-state index >= 15 is 0 Å².